The Morgan fingerprint density at radius 1 is 0.470 bits per heavy atom. The van der Waals surface area contributed by atoms with E-state index in [-0.39, 0.29) is 13.0 Å². The van der Waals surface area contributed by atoms with Crippen molar-refractivity contribution < 1.29 is 49.3 Å². The van der Waals surface area contributed by atoms with E-state index in [0.29, 0.717) is 19.3 Å². The van der Waals surface area contributed by atoms with Gasteiger partial charge in [-0.2, -0.15) is 0 Å². The first-order valence-corrected chi connectivity index (χ1v) is 35.1. The molecule has 1 aliphatic heterocycles. The number of ether oxygens (including phenoxy) is 3. The van der Waals surface area contributed by atoms with Gasteiger partial charge in [0, 0.05) is 6.42 Å². The SMILES string of the molecule is CCCCC/C=C\C/C=C\CCCCCCCCCCCCCCCCCCC(O)C(=O)NC(COC1OC(CO)C(O)C(O)C1OC(=O)CCCCCCCCC/C=C\C/C=C\CCCCC)C(O)/C=C/CCCCCCCCCCC. The van der Waals surface area contributed by atoms with Crippen LogP contribution in [0.25, 0.3) is 0 Å². The number of rotatable bonds is 60. The Bertz CT molecular complexity index is 1580. The maximum atomic E-state index is 13.5. The van der Waals surface area contributed by atoms with Gasteiger partial charge in [0.2, 0.25) is 5.91 Å². The summed E-state index contributed by atoms with van der Waals surface area (Å²) in [5.74, 6) is -1.19. The van der Waals surface area contributed by atoms with Crippen LogP contribution in [0.5, 0.6) is 0 Å². The summed E-state index contributed by atoms with van der Waals surface area (Å²) in [6.45, 7) is 5.76. The molecule has 484 valence electrons. The lowest BCUT2D eigenvalue weighted by Crippen LogP contribution is -2.61. The first-order valence-electron chi connectivity index (χ1n) is 35.1. The van der Waals surface area contributed by atoms with E-state index in [0.717, 1.165) is 83.5 Å². The smallest absolute Gasteiger partial charge is 0.306 e. The Balaban J connectivity index is 2.54. The highest BCUT2D eigenvalue weighted by molar-refractivity contribution is 5.80. The molecule has 0 saturated carbocycles. The zero-order valence-electron chi connectivity index (χ0n) is 53.8. The first-order chi connectivity index (χ1) is 40.7. The molecule has 1 fully saturated rings. The molecular weight excluding hydrogens is 1040 g/mol. The second kappa shape index (κ2) is 59.7. The number of carbonyl (C=O) groups excluding carboxylic acids is 2. The molecule has 8 atom stereocenters. The third-order valence-electron chi connectivity index (χ3n) is 16.4. The molecule has 1 amide bonds. The van der Waals surface area contributed by atoms with Gasteiger partial charge < -0.3 is 45.1 Å². The average Bonchev–Trinajstić information content (AvgIpc) is 3.62. The van der Waals surface area contributed by atoms with E-state index in [1.807, 2.05) is 6.08 Å². The second-order valence-corrected chi connectivity index (χ2v) is 24.3. The van der Waals surface area contributed by atoms with Crippen LogP contribution in [0.2, 0.25) is 0 Å². The maximum absolute atomic E-state index is 13.5. The van der Waals surface area contributed by atoms with Gasteiger partial charge in [-0.15, -0.1) is 0 Å². The zero-order chi connectivity index (χ0) is 60.3. The highest BCUT2D eigenvalue weighted by Crippen LogP contribution is 2.26. The highest BCUT2D eigenvalue weighted by Gasteiger charge is 2.47. The van der Waals surface area contributed by atoms with Gasteiger partial charge >= 0.3 is 5.97 Å². The Morgan fingerprint density at radius 2 is 0.831 bits per heavy atom. The molecule has 0 aromatic rings. The predicted molar refractivity (Wildman–Crippen MR) is 347 cm³/mol. The number of carbonyl (C=O) groups is 2. The Labute approximate surface area is 509 Å². The van der Waals surface area contributed by atoms with Crippen LogP contribution in [-0.2, 0) is 23.8 Å². The zero-order valence-corrected chi connectivity index (χ0v) is 53.8. The number of unbranched alkanes of at least 4 members (excludes halogenated alkanes) is 38. The van der Waals surface area contributed by atoms with Crippen molar-refractivity contribution in [3.05, 3.63) is 60.8 Å². The molecule has 0 radical (unpaired) electrons. The molecule has 0 bridgehead atoms. The summed E-state index contributed by atoms with van der Waals surface area (Å²) >= 11 is 0. The quantitative estimate of drug-likeness (QED) is 0.0195. The molecule has 11 heteroatoms. The molecule has 8 unspecified atom stereocenters. The summed E-state index contributed by atoms with van der Waals surface area (Å²) < 4.78 is 17.7. The largest absolute Gasteiger partial charge is 0.454 e. The number of amides is 1. The van der Waals surface area contributed by atoms with E-state index in [4.69, 9.17) is 14.2 Å². The van der Waals surface area contributed by atoms with Crippen molar-refractivity contribution in [3.8, 4) is 0 Å². The van der Waals surface area contributed by atoms with Crippen molar-refractivity contribution >= 4 is 11.9 Å². The molecule has 0 aromatic carbocycles. The minimum Gasteiger partial charge on any atom is -0.454 e. The van der Waals surface area contributed by atoms with Crippen LogP contribution in [0.4, 0.5) is 0 Å². The number of hydrogen-bond acceptors (Lipinski definition) is 10. The van der Waals surface area contributed by atoms with Gasteiger partial charge in [-0.25, -0.2) is 0 Å². The van der Waals surface area contributed by atoms with E-state index in [1.165, 1.54) is 193 Å². The van der Waals surface area contributed by atoms with Gasteiger partial charge in [-0.1, -0.05) is 287 Å². The van der Waals surface area contributed by atoms with E-state index in [1.54, 1.807) is 6.08 Å². The number of esters is 1. The van der Waals surface area contributed by atoms with E-state index in [9.17, 15) is 35.1 Å². The minimum absolute atomic E-state index is 0.115. The standard InChI is InChI=1S/C72H131NO10/c1-4-7-10-13-16-19-22-24-26-28-29-30-31-32-33-34-35-36-38-39-41-44-47-50-53-56-59-65(76)71(80)73-63(64(75)58-55-52-49-46-43-21-18-15-12-9-6-3)62-81-72-70(69(79)68(78)66(61-74)82-72)83-67(77)60-57-54-51-48-45-42-40-37-27-25-23-20-17-14-11-8-5-2/h16-17,19-20,24-27,55,58,63-66,68-70,72,74-76,78-79H,4-15,18,21-23,28-54,56-57,59-62H2,1-3H3,(H,73,80)/b19-16-,20-17-,26-24-,27-25-,58-55+. The van der Waals surface area contributed by atoms with Gasteiger partial charge in [0.25, 0.3) is 0 Å². The molecule has 83 heavy (non-hydrogen) atoms. The van der Waals surface area contributed by atoms with E-state index < -0.39 is 67.4 Å². The van der Waals surface area contributed by atoms with Crippen LogP contribution in [0, 0.1) is 0 Å². The van der Waals surface area contributed by atoms with Crippen molar-refractivity contribution in [1.82, 2.24) is 5.32 Å². The van der Waals surface area contributed by atoms with Crippen molar-refractivity contribution in [1.29, 1.82) is 0 Å². The third kappa shape index (κ3) is 47.2. The molecule has 1 rings (SSSR count). The maximum Gasteiger partial charge on any atom is 0.306 e. The van der Waals surface area contributed by atoms with Gasteiger partial charge in [-0.3, -0.25) is 9.59 Å². The van der Waals surface area contributed by atoms with Gasteiger partial charge in [0.15, 0.2) is 12.4 Å². The van der Waals surface area contributed by atoms with Crippen molar-refractivity contribution in [2.24, 2.45) is 0 Å². The lowest BCUT2D eigenvalue weighted by Gasteiger charge is -2.41. The molecule has 6 N–H and O–H groups in total. The van der Waals surface area contributed by atoms with Gasteiger partial charge in [0.05, 0.1) is 25.4 Å². The molecule has 1 saturated heterocycles. The van der Waals surface area contributed by atoms with Crippen molar-refractivity contribution in [2.45, 2.75) is 372 Å². The molecule has 1 aliphatic rings. The molecule has 0 aromatic heterocycles. The van der Waals surface area contributed by atoms with E-state index >= 15 is 0 Å². The number of allylic oxidation sites excluding steroid dienone is 9. The van der Waals surface area contributed by atoms with Crippen LogP contribution in [-0.4, -0.2) is 99.6 Å². The molecule has 0 aliphatic carbocycles. The fourth-order valence-electron chi connectivity index (χ4n) is 10.8. The van der Waals surface area contributed by atoms with Gasteiger partial charge in [-0.05, 0) is 89.9 Å². The Hall–Kier alpha value is -2.64. The fourth-order valence-corrected chi connectivity index (χ4v) is 10.8. The van der Waals surface area contributed by atoms with Gasteiger partial charge in [0.1, 0.15) is 24.4 Å². The van der Waals surface area contributed by atoms with Crippen LogP contribution in [0.1, 0.15) is 323 Å². The van der Waals surface area contributed by atoms with Crippen LogP contribution in [0.3, 0.4) is 0 Å². The molecular formula is C72H131NO10. The Kier molecular flexibility index (Phi) is 56.4. The lowest BCUT2D eigenvalue weighted by molar-refractivity contribution is -0.305. The lowest BCUT2D eigenvalue weighted by atomic mass is 9.99. The predicted octanol–water partition coefficient (Wildman–Crippen LogP) is 17.7. The topological polar surface area (TPSA) is 175 Å². The third-order valence-corrected chi connectivity index (χ3v) is 16.4. The molecule has 0 spiro atoms. The van der Waals surface area contributed by atoms with Crippen molar-refractivity contribution in [2.75, 3.05) is 13.2 Å². The fraction of sp³-hybridized carbons (Fsp3) is 0.833. The summed E-state index contributed by atoms with van der Waals surface area (Å²) in [6.07, 6.45) is 65.5. The van der Waals surface area contributed by atoms with Crippen LogP contribution >= 0.6 is 0 Å². The summed E-state index contributed by atoms with van der Waals surface area (Å²) in [7, 11) is 0. The highest BCUT2D eigenvalue weighted by atomic mass is 16.7. The summed E-state index contributed by atoms with van der Waals surface area (Å²) in [4.78, 5) is 26.6. The molecule has 11 nitrogen and oxygen atoms in total. The summed E-state index contributed by atoms with van der Waals surface area (Å²) in [5.41, 5.74) is 0. The number of hydrogen-bond donors (Lipinski definition) is 6. The minimum atomic E-state index is -1.62. The first kappa shape index (κ1) is 78.4. The second-order valence-electron chi connectivity index (χ2n) is 24.3. The van der Waals surface area contributed by atoms with Crippen LogP contribution in [0.15, 0.2) is 60.8 Å². The number of aliphatic hydroxyl groups is 5. The summed E-state index contributed by atoms with van der Waals surface area (Å²) in [5, 5.41) is 57.1. The monoisotopic (exact) mass is 1170 g/mol. The van der Waals surface area contributed by atoms with Crippen molar-refractivity contribution in [3.63, 3.8) is 0 Å². The normalized spacial score (nSPS) is 18.9. The Morgan fingerprint density at radius 3 is 1.25 bits per heavy atom. The summed E-state index contributed by atoms with van der Waals surface area (Å²) in [6, 6.07) is -1.03. The molecule has 1 heterocycles. The average molecular weight is 1170 g/mol. The number of nitrogens with one attached hydrogen (secondary N) is 1. The number of aliphatic hydroxyl groups excluding tert-OH is 5. The van der Waals surface area contributed by atoms with E-state index in [2.05, 4.69) is 74.7 Å². The van der Waals surface area contributed by atoms with Crippen LogP contribution < -0.4 is 5.32 Å².